The highest BCUT2D eigenvalue weighted by molar-refractivity contribution is 7.07. The second-order valence-corrected chi connectivity index (χ2v) is 4.98. The fourth-order valence-electron chi connectivity index (χ4n) is 1.93. The van der Waals surface area contributed by atoms with Crippen LogP contribution in [0, 0.1) is 6.92 Å². The maximum absolute atomic E-state index is 5.64. The highest BCUT2D eigenvalue weighted by Crippen LogP contribution is 2.21. The summed E-state index contributed by atoms with van der Waals surface area (Å²) in [5.41, 5.74) is 6.61. The molecule has 3 N–H and O–H groups in total. The first kappa shape index (κ1) is 12.3. The van der Waals surface area contributed by atoms with Gasteiger partial charge in [-0.2, -0.15) is 16.4 Å². The van der Waals surface area contributed by atoms with Crippen molar-refractivity contribution in [2.75, 3.05) is 0 Å². The Balaban J connectivity index is 2.04. The minimum Gasteiger partial charge on any atom is -0.273 e. The Hall–Kier alpha value is -1.17. The molecule has 1 atom stereocenters. The molecule has 2 aromatic rings. The molecule has 0 fully saturated rings. The molecule has 1 unspecified atom stereocenters. The predicted octanol–water partition coefficient (Wildman–Crippen LogP) is 1.93. The number of nitrogens with two attached hydrogens (primary N) is 1. The highest BCUT2D eigenvalue weighted by Gasteiger charge is 2.15. The third kappa shape index (κ3) is 2.74. The Kier molecular flexibility index (Phi) is 3.93. The van der Waals surface area contributed by atoms with Crippen molar-refractivity contribution in [3.63, 3.8) is 0 Å². The van der Waals surface area contributed by atoms with Crippen LogP contribution in [0.3, 0.4) is 0 Å². The summed E-state index contributed by atoms with van der Waals surface area (Å²) in [5.74, 6) is 5.64. The van der Waals surface area contributed by atoms with Gasteiger partial charge in [0.1, 0.15) is 0 Å². The highest BCUT2D eigenvalue weighted by atomic mass is 32.1. The van der Waals surface area contributed by atoms with E-state index in [1.165, 1.54) is 16.8 Å². The van der Waals surface area contributed by atoms with Gasteiger partial charge in [-0.05, 0) is 42.2 Å². The van der Waals surface area contributed by atoms with E-state index in [2.05, 4.69) is 34.3 Å². The summed E-state index contributed by atoms with van der Waals surface area (Å²) in [4.78, 5) is 0. The number of thiophene rings is 1. The van der Waals surface area contributed by atoms with Crippen LogP contribution < -0.4 is 11.3 Å². The standard InChI is InChI=1S/C12H18N4S/c1-9-11(7-14-16(9)2)12(15-13)4-3-10-5-6-17-8-10/h5-8,12,15H,3-4,13H2,1-2H3. The molecule has 2 aromatic heterocycles. The number of rotatable bonds is 5. The van der Waals surface area contributed by atoms with E-state index in [9.17, 15) is 0 Å². The average molecular weight is 250 g/mol. The summed E-state index contributed by atoms with van der Waals surface area (Å²) in [7, 11) is 1.95. The number of hydrazine groups is 1. The summed E-state index contributed by atoms with van der Waals surface area (Å²) in [6.07, 6.45) is 3.92. The molecular weight excluding hydrogens is 232 g/mol. The minimum atomic E-state index is 0.170. The largest absolute Gasteiger partial charge is 0.273 e. The van der Waals surface area contributed by atoms with Gasteiger partial charge in [-0.15, -0.1) is 0 Å². The third-order valence-electron chi connectivity index (χ3n) is 3.15. The smallest absolute Gasteiger partial charge is 0.0540 e. The van der Waals surface area contributed by atoms with Gasteiger partial charge in [0.15, 0.2) is 0 Å². The van der Waals surface area contributed by atoms with Crippen molar-refractivity contribution in [2.24, 2.45) is 12.9 Å². The first-order valence-electron chi connectivity index (χ1n) is 5.68. The van der Waals surface area contributed by atoms with Crippen molar-refractivity contribution in [3.8, 4) is 0 Å². The summed E-state index contributed by atoms with van der Waals surface area (Å²) in [6, 6.07) is 2.33. The minimum absolute atomic E-state index is 0.170. The first-order chi connectivity index (χ1) is 8.22. The lowest BCUT2D eigenvalue weighted by Crippen LogP contribution is -2.28. The van der Waals surface area contributed by atoms with Crippen molar-refractivity contribution in [1.82, 2.24) is 15.2 Å². The van der Waals surface area contributed by atoms with E-state index in [1.807, 2.05) is 17.9 Å². The van der Waals surface area contributed by atoms with E-state index >= 15 is 0 Å². The lowest BCUT2D eigenvalue weighted by atomic mass is 10.0. The number of hydrogen-bond donors (Lipinski definition) is 2. The molecule has 0 spiro atoms. The van der Waals surface area contributed by atoms with Gasteiger partial charge in [0.2, 0.25) is 0 Å². The van der Waals surface area contributed by atoms with E-state index in [0.717, 1.165) is 12.8 Å². The zero-order valence-electron chi connectivity index (χ0n) is 10.2. The van der Waals surface area contributed by atoms with Crippen molar-refractivity contribution in [2.45, 2.75) is 25.8 Å². The second kappa shape index (κ2) is 5.44. The van der Waals surface area contributed by atoms with Gasteiger partial charge in [0, 0.05) is 24.3 Å². The molecule has 0 aliphatic carbocycles. The zero-order chi connectivity index (χ0) is 12.3. The summed E-state index contributed by atoms with van der Waals surface area (Å²) in [5, 5.41) is 8.54. The number of nitrogens with one attached hydrogen (secondary N) is 1. The van der Waals surface area contributed by atoms with Crippen molar-refractivity contribution >= 4 is 11.3 Å². The summed E-state index contributed by atoms with van der Waals surface area (Å²) in [6.45, 7) is 2.07. The van der Waals surface area contributed by atoms with Crippen molar-refractivity contribution in [3.05, 3.63) is 39.8 Å². The molecule has 0 aliphatic heterocycles. The third-order valence-corrected chi connectivity index (χ3v) is 3.88. The molecule has 0 amide bonds. The molecule has 17 heavy (non-hydrogen) atoms. The van der Waals surface area contributed by atoms with Gasteiger partial charge < -0.3 is 0 Å². The van der Waals surface area contributed by atoms with Gasteiger partial charge in [-0.25, -0.2) is 0 Å². The van der Waals surface area contributed by atoms with Gasteiger partial charge >= 0.3 is 0 Å². The molecule has 0 saturated carbocycles. The van der Waals surface area contributed by atoms with Gasteiger partial charge in [0.25, 0.3) is 0 Å². The fraction of sp³-hybridized carbons (Fsp3) is 0.417. The monoisotopic (exact) mass is 250 g/mol. The number of aryl methyl sites for hydroxylation is 2. The topological polar surface area (TPSA) is 55.9 Å². The van der Waals surface area contributed by atoms with Crippen LogP contribution in [0.4, 0.5) is 0 Å². The van der Waals surface area contributed by atoms with Crippen LogP contribution in [0.2, 0.25) is 0 Å². The average Bonchev–Trinajstić information content (AvgIpc) is 2.94. The Morgan fingerprint density at radius 2 is 2.41 bits per heavy atom. The summed E-state index contributed by atoms with van der Waals surface area (Å²) >= 11 is 1.73. The molecule has 5 heteroatoms. The number of nitrogens with zero attached hydrogens (tertiary/aromatic N) is 2. The van der Waals surface area contributed by atoms with Crippen LogP contribution in [0.5, 0.6) is 0 Å². The molecule has 0 bridgehead atoms. The summed E-state index contributed by atoms with van der Waals surface area (Å²) < 4.78 is 1.88. The van der Waals surface area contributed by atoms with E-state index < -0.39 is 0 Å². The van der Waals surface area contributed by atoms with Gasteiger partial charge in [0.05, 0.1) is 6.20 Å². The number of aromatic nitrogens is 2. The molecule has 4 nitrogen and oxygen atoms in total. The molecule has 2 rings (SSSR count). The van der Waals surface area contributed by atoms with Crippen LogP contribution in [0.15, 0.2) is 23.0 Å². The lowest BCUT2D eigenvalue weighted by molar-refractivity contribution is 0.513. The molecule has 2 heterocycles. The van der Waals surface area contributed by atoms with Crippen LogP contribution in [-0.2, 0) is 13.5 Å². The second-order valence-electron chi connectivity index (χ2n) is 4.20. The van der Waals surface area contributed by atoms with Crippen molar-refractivity contribution in [1.29, 1.82) is 0 Å². The lowest BCUT2D eigenvalue weighted by Gasteiger charge is -2.15. The van der Waals surface area contributed by atoms with Crippen LogP contribution in [-0.4, -0.2) is 9.78 Å². The predicted molar refractivity (Wildman–Crippen MR) is 70.6 cm³/mol. The fourth-order valence-corrected chi connectivity index (χ4v) is 2.64. The van der Waals surface area contributed by atoms with E-state index in [-0.39, 0.29) is 6.04 Å². The van der Waals surface area contributed by atoms with Gasteiger partial charge in [-0.1, -0.05) is 0 Å². The van der Waals surface area contributed by atoms with Crippen LogP contribution in [0.1, 0.15) is 29.3 Å². The van der Waals surface area contributed by atoms with E-state index in [1.54, 1.807) is 11.3 Å². The van der Waals surface area contributed by atoms with Gasteiger partial charge in [-0.3, -0.25) is 16.0 Å². The normalized spacial score (nSPS) is 12.9. The molecule has 0 aliphatic rings. The molecule has 92 valence electrons. The SMILES string of the molecule is Cc1c(C(CCc2ccsc2)NN)cnn1C. The Morgan fingerprint density at radius 1 is 1.59 bits per heavy atom. The maximum Gasteiger partial charge on any atom is 0.0540 e. The zero-order valence-corrected chi connectivity index (χ0v) is 11.0. The molecule has 0 aromatic carbocycles. The Morgan fingerprint density at radius 3 is 2.94 bits per heavy atom. The van der Waals surface area contributed by atoms with Crippen LogP contribution >= 0.6 is 11.3 Å². The first-order valence-corrected chi connectivity index (χ1v) is 6.62. The Labute approximate surface area is 105 Å². The quantitative estimate of drug-likeness (QED) is 0.630. The number of hydrogen-bond acceptors (Lipinski definition) is 4. The van der Waals surface area contributed by atoms with E-state index in [0.29, 0.717) is 0 Å². The molecule has 0 saturated heterocycles. The van der Waals surface area contributed by atoms with E-state index in [4.69, 9.17) is 5.84 Å². The molecule has 0 radical (unpaired) electrons. The Bertz CT molecular complexity index is 461. The van der Waals surface area contributed by atoms with Crippen LogP contribution in [0.25, 0.3) is 0 Å². The van der Waals surface area contributed by atoms with Crippen molar-refractivity contribution < 1.29 is 0 Å². The maximum atomic E-state index is 5.64. The molecular formula is C12H18N4S.